The molecule has 0 saturated heterocycles. The molecule has 0 fully saturated rings. The Morgan fingerprint density at radius 1 is 0.423 bits per heavy atom. The van der Waals surface area contributed by atoms with E-state index in [1.54, 1.807) is 11.8 Å². The third-order valence-corrected chi connectivity index (χ3v) is 11.6. The smallest absolute Gasteiger partial charge is 0.160 e. The Hall–Kier alpha value is -6.54. The molecular formula is C48H29N3S. The molecule has 1 atom stereocenters. The molecule has 3 nitrogen and oxygen atoms in total. The van der Waals surface area contributed by atoms with Gasteiger partial charge < -0.3 is 0 Å². The molecule has 1 aliphatic heterocycles. The minimum atomic E-state index is -0.547. The molecule has 2 aliphatic rings. The topological polar surface area (TPSA) is 49.6 Å². The van der Waals surface area contributed by atoms with Crippen LogP contribution in [-0.2, 0) is 5.41 Å². The van der Waals surface area contributed by atoms with Gasteiger partial charge in [-0.25, -0.2) is 9.97 Å². The van der Waals surface area contributed by atoms with Crippen molar-refractivity contribution in [3.8, 4) is 62.2 Å². The zero-order valence-corrected chi connectivity index (χ0v) is 28.8. The van der Waals surface area contributed by atoms with Crippen LogP contribution in [0.4, 0.5) is 0 Å². The van der Waals surface area contributed by atoms with Gasteiger partial charge in [-0.15, -0.1) is 0 Å². The first-order valence-electron chi connectivity index (χ1n) is 17.4. The van der Waals surface area contributed by atoms with E-state index in [4.69, 9.17) is 9.97 Å². The summed E-state index contributed by atoms with van der Waals surface area (Å²) in [4.78, 5) is 12.4. The Kier molecular flexibility index (Phi) is 7.02. The molecule has 0 N–H and O–H groups in total. The van der Waals surface area contributed by atoms with Crippen LogP contribution < -0.4 is 0 Å². The van der Waals surface area contributed by atoms with Crippen molar-refractivity contribution in [1.82, 2.24) is 9.97 Å². The second kappa shape index (κ2) is 12.1. The summed E-state index contributed by atoms with van der Waals surface area (Å²) in [6, 6.07) is 64.3. The second-order valence-corrected chi connectivity index (χ2v) is 14.3. The van der Waals surface area contributed by atoms with E-state index in [2.05, 4.69) is 140 Å². The average molecular weight is 680 g/mol. The number of aromatic nitrogens is 2. The van der Waals surface area contributed by atoms with Gasteiger partial charge in [-0.3, -0.25) is 0 Å². The maximum absolute atomic E-state index is 10.0. The van der Waals surface area contributed by atoms with Crippen molar-refractivity contribution >= 4 is 11.8 Å². The summed E-state index contributed by atoms with van der Waals surface area (Å²) in [7, 11) is 0. The molecule has 1 aliphatic carbocycles. The van der Waals surface area contributed by atoms with Gasteiger partial charge in [0.05, 0.1) is 28.4 Å². The summed E-state index contributed by atoms with van der Waals surface area (Å²) < 4.78 is 0. The van der Waals surface area contributed by atoms with Crippen LogP contribution in [0, 0.1) is 11.3 Å². The summed E-state index contributed by atoms with van der Waals surface area (Å²) >= 11 is 1.79. The summed E-state index contributed by atoms with van der Waals surface area (Å²) in [6.45, 7) is 0. The fourth-order valence-electron chi connectivity index (χ4n) is 8.05. The molecule has 7 aromatic carbocycles. The molecule has 1 aromatic heterocycles. The van der Waals surface area contributed by atoms with Crippen molar-refractivity contribution in [2.45, 2.75) is 15.2 Å². The molecule has 1 unspecified atom stereocenters. The van der Waals surface area contributed by atoms with Crippen LogP contribution in [0.1, 0.15) is 27.8 Å². The van der Waals surface area contributed by atoms with Gasteiger partial charge in [-0.2, -0.15) is 5.26 Å². The molecule has 8 aromatic rings. The summed E-state index contributed by atoms with van der Waals surface area (Å²) in [5, 5.41) is 10.0. The van der Waals surface area contributed by atoms with Crippen LogP contribution in [0.5, 0.6) is 0 Å². The van der Waals surface area contributed by atoms with E-state index in [0.717, 1.165) is 39.2 Å². The van der Waals surface area contributed by atoms with Crippen molar-refractivity contribution in [3.05, 3.63) is 204 Å². The molecule has 0 amide bonds. The highest BCUT2D eigenvalue weighted by molar-refractivity contribution is 7.99. The molecular weight excluding hydrogens is 651 g/mol. The maximum atomic E-state index is 10.0. The Bertz CT molecular complexity index is 2660. The minimum Gasteiger partial charge on any atom is -0.228 e. The Labute approximate surface area is 307 Å². The summed E-state index contributed by atoms with van der Waals surface area (Å²) in [5.41, 5.74) is 14.6. The zero-order chi connectivity index (χ0) is 34.6. The Balaban J connectivity index is 1.12. The molecule has 10 rings (SSSR count). The molecule has 4 heteroatoms. The monoisotopic (exact) mass is 679 g/mol. The standard InChI is InChI=1S/C48H29N3S/c49-30-31-19-26-46-42(27-31)48(40-17-9-10-18-45(40)52-46)39-16-8-7-15-37(39)38-25-24-36(28-41(38)48)32-20-22-34(23-21-32)44-29-43(33-11-3-1-4-12-33)50-47(51-44)35-13-5-2-6-14-35/h1-29H. The largest absolute Gasteiger partial charge is 0.228 e. The van der Waals surface area contributed by atoms with Crippen LogP contribution in [0.3, 0.4) is 0 Å². The fraction of sp³-hybridized carbons (Fsp3) is 0.0208. The summed E-state index contributed by atoms with van der Waals surface area (Å²) in [6.07, 6.45) is 0. The number of benzene rings is 7. The van der Waals surface area contributed by atoms with E-state index in [0.29, 0.717) is 11.4 Å². The SMILES string of the molecule is N#Cc1ccc2c(c1)C1(c3ccccc3S2)c2ccccc2-c2ccc(-c3ccc(-c4cc(-c5ccccc5)nc(-c5ccccc5)n4)cc3)cc21. The van der Waals surface area contributed by atoms with E-state index in [1.807, 2.05) is 42.5 Å². The fourth-order valence-corrected chi connectivity index (χ4v) is 9.22. The van der Waals surface area contributed by atoms with Gasteiger partial charge in [-0.05, 0) is 80.9 Å². The maximum Gasteiger partial charge on any atom is 0.160 e. The molecule has 0 radical (unpaired) electrons. The lowest BCUT2D eigenvalue weighted by atomic mass is 9.67. The van der Waals surface area contributed by atoms with Gasteiger partial charge in [0.15, 0.2) is 5.82 Å². The van der Waals surface area contributed by atoms with Crippen molar-refractivity contribution in [1.29, 1.82) is 5.26 Å². The van der Waals surface area contributed by atoms with Crippen LogP contribution in [0.15, 0.2) is 186 Å². The molecule has 52 heavy (non-hydrogen) atoms. The van der Waals surface area contributed by atoms with Gasteiger partial charge in [0.1, 0.15) is 0 Å². The first kappa shape index (κ1) is 30.3. The first-order valence-corrected chi connectivity index (χ1v) is 18.2. The van der Waals surface area contributed by atoms with Crippen LogP contribution in [0.2, 0.25) is 0 Å². The number of hydrogen-bond acceptors (Lipinski definition) is 4. The quantitative estimate of drug-likeness (QED) is 0.186. The third kappa shape index (κ3) is 4.67. The molecule has 242 valence electrons. The number of nitriles is 1. The predicted octanol–water partition coefficient (Wildman–Crippen LogP) is 11.8. The van der Waals surface area contributed by atoms with Gasteiger partial charge >= 0.3 is 0 Å². The number of nitrogens with zero attached hydrogens (tertiary/aromatic N) is 3. The first-order chi connectivity index (χ1) is 25.7. The van der Waals surface area contributed by atoms with E-state index < -0.39 is 5.41 Å². The molecule has 2 heterocycles. The Morgan fingerprint density at radius 2 is 1.00 bits per heavy atom. The van der Waals surface area contributed by atoms with Crippen molar-refractivity contribution < 1.29 is 0 Å². The minimum absolute atomic E-state index is 0.547. The lowest BCUT2D eigenvalue weighted by Crippen LogP contribution is -2.32. The summed E-state index contributed by atoms with van der Waals surface area (Å²) in [5.74, 6) is 0.704. The van der Waals surface area contributed by atoms with E-state index >= 15 is 0 Å². The number of hydrogen-bond donors (Lipinski definition) is 0. The molecule has 0 saturated carbocycles. The van der Waals surface area contributed by atoms with Gasteiger partial charge in [0.2, 0.25) is 0 Å². The normalized spacial score (nSPS) is 14.9. The van der Waals surface area contributed by atoms with E-state index in [-0.39, 0.29) is 0 Å². The number of rotatable bonds is 4. The van der Waals surface area contributed by atoms with Crippen LogP contribution >= 0.6 is 11.8 Å². The van der Waals surface area contributed by atoms with E-state index in [1.165, 1.54) is 43.2 Å². The lowest BCUT2D eigenvalue weighted by molar-refractivity contribution is 0.722. The second-order valence-electron chi connectivity index (χ2n) is 13.2. The highest BCUT2D eigenvalue weighted by Crippen LogP contribution is 2.62. The van der Waals surface area contributed by atoms with Crippen LogP contribution in [-0.4, -0.2) is 9.97 Å². The Morgan fingerprint density at radius 3 is 1.75 bits per heavy atom. The van der Waals surface area contributed by atoms with Crippen LogP contribution in [0.25, 0.3) is 56.2 Å². The van der Waals surface area contributed by atoms with Crippen molar-refractivity contribution in [3.63, 3.8) is 0 Å². The molecule has 1 spiro atoms. The van der Waals surface area contributed by atoms with Gasteiger partial charge in [0.25, 0.3) is 0 Å². The third-order valence-electron chi connectivity index (χ3n) is 10.4. The lowest BCUT2D eigenvalue weighted by Gasteiger charge is -2.39. The average Bonchev–Trinajstić information content (AvgIpc) is 3.51. The predicted molar refractivity (Wildman–Crippen MR) is 210 cm³/mol. The van der Waals surface area contributed by atoms with Gasteiger partial charge in [-0.1, -0.05) is 151 Å². The number of fused-ring (bicyclic) bond motifs is 9. The van der Waals surface area contributed by atoms with Gasteiger partial charge in [0, 0.05) is 26.5 Å². The molecule has 0 bridgehead atoms. The highest BCUT2D eigenvalue weighted by Gasteiger charge is 2.50. The van der Waals surface area contributed by atoms with Crippen molar-refractivity contribution in [2.75, 3.05) is 0 Å². The highest BCUT2D eigenvalue weighted by atomic mass is 32.2. The zero-order valence-electron chi connectivity index (χ0n) is 28.0. The van der Waals surface area contributed by atoms with Crippen molar-refractivity contribution in [2.24, 2.45) is 0 Å². The van der Waals surface area contributed by atoms with E-state index in [9.17, 15) is 5.26 Å².